The molecule has 1 N–H and O–H groups in total. The van der Waals surface area contributed by atoms with Gasteiger partial charge in [0.05, 0.1) is 17.8 Å². The first kappa shape index (κ1) is 30.5. The van der Waals surface area contributed by atoms with Crippen LogP contribution in [0.1, 0.15) is 41.3 Å². The Labute approximate surface area is 266 Å². The van der Waals surface area contributed by atoms with Gasteiger partial charge in [-0.3, -0.25) is 14.5 Å². The molecule has 4 heterocycles. The van der Waals surface area contributed by atoms with E-state index in [0.717, 1.165) is 50.3 Å². The molecule has 0 amide bonds. The lowest BCUT2D eigenvalue weighted by atomic mass is 10.0. The van der Waals surface area contributed by atoms with E-state index in [-0.39, 0.29) is 15.6 Å². The number of aryl methyl sites for hydroxylation is 2. The van der Waals surface area contributed by atoms with E-state index >= 15 is 0 Å². The van der Waals surface area contributed by atoms with Crippen LogP contribution in [0.25, 0.3) is 33.3 Å². The van der Waals surface area contributed by atoms with Gasteiger partial charge in [0.1, 0.15) is 9.97 Å². The number of nitrogens with zero attached hydrogens (tertiary/aromatic N) is 3. The lowest BCUT2D eigenvalue weighted by molar-refractivity contribution is 0.399. The molecule has 0 atom stereocenters. The highest BCUT2D eigenvalue weighted by atomic mass is 32.2. The number of benzene rings is 2. The summed E-state index contributed by atoms with van der Waals surface area (Å²) in [6.45, 7) is 10.0. The summed E-state index contributed by atoms with van der Waals surface area (Å²) in [5, 5.41) is 4.78. The van der Waals surface area contributed by atoms with Gasteiger partial charge < -0.3 is 9.09 Å². The molecule has 0 saturated carbocycles. The van der Waals surface area contributed by atoms with Crippen LogP contribution in [-0.4, -0.2) is 23.1 Å². The molecule has 0 spiro atoms. The van der Waals surface area contributed by atoms with Crippen molar-refractivity contribution in [2.75, 3.05) is 4.72 Å². The third-order valence-electron chi connectivity index (χ3n) is 7.76. The maximum absolute atomic E-state index is 13.4. The summed E-state index contributed by atoms with van der Waals surface area (Å²) >= 11 is 1.20. The highest BCUT2D eigenvalue weighted by molar-refractivity contribution is 7.94. The largest absolute Gasteiger partial charge is 0.359 e. The van der Waals surface area contributed by atoms with Crippen LogP contribution >= 0.6 is 11.3 Å². The minimum absolute atomic E-state index is 0.0985. The molecule has 230 valence electrons. The van der Waals surface area contributed by atoms with Gasteiger partial charge in [0.25, 0.3) is 15.6 Å². The van der Waals surface area contributed by atoms with Crippen LogP contribution in [0.15, 0.2) is 92.4 Å². The van der Waals surface area contributed by atoms with Crippen molar-refractivity contribution in [1.29, 1.82) is 0 Å². The number of hydrogen-bond donors (Lipinski definition) is 1. The minimum Gasteiger partial charge on any atom is -0.359 e. The molecule has 0 radical (unpaired) electrons. The maximum Gasteiger partial charge on any atom is 0.273 e. The SMILES string of the molecule is Cc1cc(-c2ccc(Cn3c(=O)ccc4c(-c5ccccc5)nc(CC(C)C)cc43)cc2)c(S(=O)(=O)Nc2noc(C)c2C)s1. The zero-order valence-corrected chi connectivity index (χ0v) is 27.4. The lowest BCUT2D eigenvalue weighted by Crippen LogP contribution is -2.20. The summed E-state index contributed by atoms with van der Waals surface area (Å²) in [6.07, 6.45) is 0.795. The van der Waals surface area contributed by atoms with Gasteiger partial charge in [-0.05, 0) is 62.4 Å². The molecule has 45 heavy (non-hydrogen) atoms. The fourth-order valence-corrected chi connectivity index (χ4v) is 8.12. The third kappa shape index (κ3) is 6.21. The second-order valence-electron chi connectivity index (χ2n) is 11.7. The molecule has 0 aliphatic rings. The molecule has 0 saturated heterocycles. The van der Waals surface area contributed by atoms with Crippen LogP contribution in [-0.2, 0) is 23.0 Å². The first-order valence-electron chi connectivity index (χ1n) is 14.7. The number of thiophene rings is 1. The lowest BCUT2D eigenvalue weighted by Gasteiger charge is -2.16. The maximum atomic E-state index is 13.4. The molecule has 2 aromatic carbocycles. The van der Waals surface area contributed by atoms with Crippen molar-refractivity contribution < 1.29 is 12.9 Å². The van der Waals surface area contributed by atoms with Gasteiger partial charge in [0, 0.05) is 38.7 Å². The monoisotopic (exact) mass is 638 g/mol. The van der Waals surface area contributed by atoms with E-state index in [1.807, 2.05) is 79.7 Å². The number of rotatable bonds is 9. The number of nitrogens with one attached hydrogen (secondary N) is 1. The molecule has 0 unspecified atom stereocenters. The summed E-state index contributed by atoms with van der Waals surface area (Å²) in [6, 6.07) is 25.1. The van der Waals surface area contributed by atoms with E-state index in [1.54, 1.807) is 24.5 Å². The van der Waals surface area contributed by atoms with Gasteiger partial charge in [-0.25, -0.2) is 8.42 Å². The van der Waals surface area contributed by atoms with Crippen molar-refractivity contribution in [1.82, 2.24) is 14.7 Å². The Hall–Kier alpha value is -4.54. The van der Waals surface area contributed by atoms with Crippen molar-refractivity contribution in [3.05, 3.63) is 117 Å². The topological polar surface area (TPSA) is 107 Å². The van der Waals surface area contributed by atoms with Crippen molar-refractivity contribution in [3.63, 3.8) is 0 Å². The number of anilines is 1. The number of sulfonamides is 1. The Morgan fingerprint density at radius 1 is 0.933 bits per heavy atom. The van der Waals surface area contributed by atoms with E-state index in [4.69, 9.17) is 9.51 Å². The summed E-state index contributed by atoms with van der Waals surface area (Å²) in [5.74, 6) is 1.14. The standard InChI is InChI=1S/C35H34N4O4S2/c1-21(2)17-28-19-31-29(33(36-28)27-9-7-6-8-10-27)15-16-32(40)39(31)20-25-11-13-26(14-12-25)30-18-22(3)44-35(30)45(41,42)38-34-23(4)24(5)43-37-34/h6-16,18-19,21H,17,20H2,1-5H3,(H,37,38). The highest BCUT2D eigenvalue weighted by Crippen LogP contribution is 2.36. The number of pyridine rings is 2. The third-order valence-corrected chi connectivity index (χ3v) is 10.7. The zero-order valence-electron chi connectivity index (χ0n) is 25.8. The molecular formula is C35H34N4O4S2. The molecule has 0 aliphatic heterocycles. The second-order valence-corrected chi connectivity index (χ2v) is 14.8. The molecule has 0 fully saturated rings. The first-order valence-corrected chi connectivity index (χ1v) is 17.0. The van der Waals surface area contributed by atoms with Crippen LogP contribution in [0.4, 0.5) is 5.82 Å². The Balaban J connectivity index is 1.36. The zero-order chi connectivity index (χ0) is 31.9. The molecule has 6 rings (SSSR count). The van der Waals surface area contributed by atoms with Crippen LogP contribution in [0, 0.1) is 26.7 Å². The smallest absolute Gasteiger partial charge is 0.273 e. The van der Waals surface area contributed by atoms with Gasteiger partial charge in [0.2, 0.25) is 0 Å². The van der Waals surface area contributed by atoms with E-state index < -0.39 is 10.0 Å². The first-order chi connectivity index (χ1) is 21.5. The molecule has 4 aromatic heterocycles. The van der Waals surface area contributed by atoms with Crippen LogP contribution in [0.2, 0.25) is 0 Å². The summed E-state index contributed by atoms with van der Waals surface area (Å²) in [7, 11) is -3.91. The van der Waals surface area contributed by atoms with Gasteiger partial charge in [-0.1, -0.05) is 73.6 Å². The molecule has 10 heteroatoms. The minimum atomic E-state index is -3.91. The average Bonchev–Trinajstić information content (AvgIpc) is 3.56. The van der Waals surface area contributed by atoms with E-state index in [1.165, 1.54) is 11.3 Å². The van der Waals surface area contributed by atoms with Crippen molar-refractivity contribution in [3.8, 4) is 22.4 Å². The Morgan fingerprint density at radius 3 is 2.33 bits per heavy atom. The molecule has 8 nitrogen and oxygen atoms in total. The number of hydrogen-bond acceptors (Lipinski definition) is 7. The summed E-state index contributed by atoms with van der Waals surface area (Å²) < 4.78 is 36.6. The fourth-order valence-electron chi connectivity index (χ4n) is 5.40. The van der Waals surface area contributed by atoms with Crippen molar-refractivity contribution >= 4 is 38.1 Å². The summed E-state index contributed by atoms with van der Waals surface area (Å²) in [4.78, 5) is 19.2. The Bertz CT molecular complexity index is 2180. The normalized spacial score (nSPS) is 11.9. The van der Waals surface area contributed by atoms with Crippen molar-refractivity contribution in [2.45, 2.75) is 51.8 Å². The molecule has 0 aliphatic carbocycles. The summed E-state index contributed by atoms with van der Waals surface area (Å²) in [5.41, 5.74) is 6.47. The molecular weight excluding hydrogens is 605 g/mol. The predicted octanol–water partition coefficient (Wildman–Crippen LogP) is 7.75. The van der Waals surface area contributed by atoms with Crippen LogP contribution < -0.4 is 10.3 Å². The predicted molar refractivity (Wildman–Crippen MR) is 180 cm³/mol. The van der Waals surface area contributed by atoms with Crippen LogP contribution in [0.3, 0.4) is 0 Å². The van der Waals surface area contributed by atoms with Crippen molar-refractivity contribution in [2.24, 2.45) is 5.92 Å². The van der Waals surface area contributed by atoms with E-state index in [9.17, 15) is 13.2 Å². The highest BCUT2D eigenvalue weighted by Gasteiger charge is 2.25. The van der Waals surface area contributed by atoms with Crippen LogP contribution in [0.5, 0.6) is 0 Å². The Morgan fingerprint density at radius 2 is 1.67 bits per heavy atom. The van der Waals surface area contributed by atoms with Gasteiger partial charge in [-0.15, -0.1) is 11.3 Å². The van der Waals surface area contributed by atoms with Gasteiger partial charge >= 0.3 is 0 Å². The van der Waals surface area contributed by atoms with Gasteiger partial charge in [-0.2, -0.15) is 0 Å². The number of fused-ring (bicyclic) bond motifs is 1. The van der Waals surface area contributed by atoms with Gasteiger partial charge in [0.15, 0.2) is 5.82 Å². The average molecular weight is 639 g/mol. The molecule has 0 bridgehead atoms. The van der Waals surface area contributed by atoms with E-state index in [0.29, 0.717) is 29.3 Å². The molecule has 6 aromatic rings. The fraction of sp³-hybridized carbons (Fsp3) is 0.229. The number of aromatic nitrogens is 3. The quantitative estimate of drug-likeness (QED) is 0.174. The van der Waals surface area contributed by atoms with E-state index in [2.05, 4.69) is 23.7 Å². The Kier molecular flexibility index (Phi) is 8.20. The second kappa shape index (κ2) is 12.1.